The molecule has 7 heteroatoms. The summed E-state index contributed by atoms with van der Waals surface area (Å²) in [6.07, 6.45) is 4.59. The second-order valence-electron chi connectivity index (χ2n) is 10.9. The molecule has 0 aromatic heterocycles. The van der Waals surface area contributed by atoms with Crippen LogP contribution in [0.1, 0.15) is 29.5 Å². The summed E-state index contributed by atoms with van der Waals surface area (Å²) < 4.78 is 17.1. The largest absolute Gasteiger partial charge is 0.466 e. The van der Waals surface area contributed by atoms with Crippen LogP contribution in [0.3, 0.4) is 0 Å². The lowest BCUT2D eigenvalue weighted by Gasteiger charge is -2.40. The molecule has 0 aliphatic carbocycles. The van der Waals surface area contributed by atoms with Crippen LogP contribution in [0.4, 0.5) is 4.79 Å². The standard InChI is InChI=1S/C33H41NO5Si/c1-37-31(35)24-16-15-23-30(34(32(36)38-2)26-40(3,4)5)25-39-33(27-17-9-6-10-18-27,28-19-11-7-12-20-28)29-21-13-8-14-22-29/h6-14,16-22,24,30H,15,23,25-26H2,1-5H3/b24-16+. The van der Waals surface area contributed by atoms with Gasteiger partial charge in [-0.15, -0.1) is 0 Å². The fraction of sp³-hybridized carbons (Fsp3) is 0.333. The molecule has 1 unspecified atom stereocenters. The van der Waals surface area contributed by atoms with Crippen LogP contribution in [-0.4, -0.2) is 58.1 Å². The summed E-state index contributed by atoms with van der Waals surface area (Å²) in [6, 6.07) is 30.2. The third-order valence-electron chi connectivity index (χ3n) is 6.65. The monoisotopic (exact) mass is 559 g/mol. The van der Waals surface area contributed by atoms with E-state index in [-0.39, 0.29) is 18.7 Å². The van der Waals surface area contributed by atoms with Crippen molar-refractivity contribution in [1.29, 1.82) is 0 Å². The molecule has 40 heavy (non-hydrogen) atoms. The molecule has 0 aliphatic rings. The maximum absolute atomic E-state index is 13.1. The van der Waals surface area contributed by atoms with E-state index in [1.54, 1.807) is 6.08 Å². The minimum Gasteiger partial charge on any atom is -0.466 e. The molecule has 0 aliphatic heterocycles. The smallest absolute Gasteiger partial charge is 0.409 e. The van der Waals surface area contributed by atoms with Gasteiger partial charge in [0, 0.05) is 12.2 Å². The molecule has 3 aromatic carbocycles. The fourth-order valence-electron chi connectivity index (χ4n) is 4.83. The molecular formula is C33H41NO5Si. The van der Waals surface area contributed by atoms with Crippen molar-refractivity contribution >= 4 is 20.1 Å². The summed E-state index contributed by atoms with van der Waals surface area (Å²) in [6.45, 7) is 6.92. The molecule has 3 rings (SSSR count). The van der Waals surface area contributed by atoms with Crippen molar-refractivity contribution < 1.29 is 23.8 Å². The summed E-state index contributed by atoms with van der Waals surface area (Å²) in [5, 5.41) is 0. The van der Waals surface area contributed by atoms with E-state index < -0.39 is 19.6 Å². The number of ether oxygens (including phenoxy) is 3. The Labute approximate surface area is 239 Å². The first-order chi connectivity index (χ1) is 19.2. The summed E-state index contributed by atoms with van der Waals surface area (Å²) >= 11 is 0. The highest BCUT2D eigenvalue weighted by Gasteiger charge is 2.39. The zero-order valence-electron chi connectivity index (χ0n) is 24.2. The van der Waals surface area contributed by atoms with E-state index in [1.165, 1.54) is 20.3 Å². The van der Waals surface area contributed by atoms with Gasteiger partial charge in [0.1, 0.15) is 5.60 Å². The molecule has 212 valence electrons. The number of carbonyl (C=O) groups excluding carboxylic acids is 2. The van der Waals surface area contributed by atoms with Crippen molar-refractivity contribution in [2.75, 3.05) is 27.0 Å². The Morgan fingerprint density at radius 1 is 0.800 bits per heavy atom. The zero-order valence-corrected chi connectivity index (χ0v) is 25.2. The maximum atomic E-state index is 13.1. The highest BCUT2D eigenvalue weighted by molar-refractivity contribution is 6.76. The van der Waals surface area contributed by atoms with Crippen molar-refractivity contribution in [2.24, 2.45) is 0 Å². The van der Waals surface area contributed by atoms with Crippen LogP contribution in [0.5, 0.6) is 0 Å². The minimum atomic E-state index is -1.72. The zero-order chi connectivity index (χ0) is 29.0. The molecule has 0 radical (unpaired) electrons. The lowest BCUT2D eigenvalue weighted by Crippen LogP contribution is -2.51. The van der Waals surface area contributed by atoms with Crippen LogP contribution in [0.2, 0.25) is 19.6 Å². The number of methoxy groups -OCH3 is 2. The van der Waals surface area contributed by atoms with Gasteiger partial charge in [-0.2, -0.15) is 0 Å². The Morgan fingerprint density at radius 2 is 1.27 bits per heavy atom. The number of benzene rings is 3. The SMILES string of the molecule is COC(=O)/C=C/CCC(COC(c1ccccc1)(c1ccccc1)c1ccccc1)N(C[Si](C)(C)C)C(=O)OC. The van der Waals surface area contributed by atoms with Gasteiger partial charge in [-0.05, 0) is 29.5 Å². The number of carbonyl (C=O) groups is 2. The Morgan fingerprint density at radius 3 is 1.68 bits per heavy atom. The van der Waals surface area contributed by atoms with E-state index in [1.807, 2.05) is 59.5 Å². The van der Waals surface area contributed by atoms with E-state index >= 15 is 0 Å². The summed E-state index contributed by atoms with van der Waals surface area (Å²) in [5.74, 6) is -0.407. The fourth-order valence-corrected chi connectivity index (χ4v) is 6.24. The van der Waals surface area contributed by atoms with Gasteiger partial charge in [0.2, 0.25) is 0 Å². The van der Waals surface area contributed by atoms with Gasteiger partial charge < -0.3 is 19.1 Å². The Hall–Kier alpha value is -3.68. The average Bonchev–Trinajstić information content (AvgIpc) is 2.98. The molecule has 0 spiro atoms. The molecule has 1 amide bonds. The molecule has 0 heterocycles. The topological polar surface area (TPSA) is 65.1 Å². The van der Waals surface area contributed by atoms with Gasteiger partial charge in [0.25, 0.3) is 0 Å². The second kappa shape index (κ2) is 14.6. The van der Waals surface area contributed by atoms with Crippen molar-refractivity contribution in [3.05, 3.63) is 120 Å². The predicted octanol–water partition coefficient (Wildman–Crippen LogP) is 6.82. The number of amides is 1. The lowest BCUT2D eigenvalue weighted by molar-refractivity contribution is -0.134. The molecule has 3 aromatic rings. The number of rotatable bonds is 13. The molecule has 0 bridgehead atoms. The predicted molar refractivity (Wildman–Crippen MR) is 162 cm³/mol. The van der Waals surface area contributed by atoms with Gasteiger partial charge in [0.15, 0.2) is 0 Å². The quantitative estimate of drug-likeness (QED) is 0.0995. The lowest BCUT2D eigenvalue weighted by atomic mass is 9.80. The molecule has 0 saturated heterocycles. The van der Waals surface area contributed by atoms with E-state index in [0.29, 0.717) is 19.0 Å². The number of hydrogen-bond acceptors (Lipinski definition) is 5. The molecule has 6 nitrogen and oxygen atoms in total. The van der Waals surface area contributed by atoms with Crippen LogP contribution >= 0.6 is 0 Å². The van der Waals surface area contributed by atoms with Crippen LogP contribution in [0.25, 0.3) is 0 Å². The first kappa shape index (κ1) is 30.9. The van der Waals surface area contributed by atoms with Gasteiger partial charge in [-0.3, -0.25) is 0 Å². The van der Waals surface area contributed by atoms with E-state index in [4.69, 9.17) is 14.2 Å². The average molecular weight is 560 g/mol. The first-order valence-corrected chi connectivity index (χ1v) is 17.3. The first-order valence-electron chi connectivity index (χ1n) is 13.6. The van der Waals surface area contributed by atoms with Gasteiger partial charge in [-0.25, -0.2) is 9.59 Å². The summed E-state index contributed by atoms with van der Waals surface area (Å²) in [7, 11) is 1.04. The van der Waals surface area contributed by atoms with Crippen LogP contribution in [0, 0.1) is 0 Å². The van der Waals surface area contributed by atoms with Gasteiger partial charge in [-0.1, -0.05) is 117 Å². The third kappa shape index (κ3) is 8.16. The highest BCUT2D eigenvalue weighted by atomic mass is 28.3. The van der Waals surface area contributed by atoms with Crippen molar-refractivity contribution in [1.82, 2.24) is 4.90 Å². The molecule has 0 N–H and O–H groups in total. The van der Waals surface area contributed by atoms with Crippen molar-refractivity contribution in [2.45, 2.75) is 44.1 Å². The second-order valence-corrected chi connectivity index (χ2v) is 16.3. The van der Waals surface area contributed by atoms with Crippen LogP contribution in [0.15, 0.2) is 103 Å². The van der Waals surface area contributed by atoms with Gasteiger partial charge >= 0.3 is 12.1 Å². The molecular weight excluding hydrogens is 518 g/mol. The Kier molecular flexibility index (Phi) is 11.3. The van der Waals surface area contributed by atoms with Crippen molar-refractivity contribution in [3.63, 3.8) is 0 Å². The minimum absolute atomic E-state index is 0.254. The van der Waals surface area contributed by atoms with E-state index in [2.05, 4.69) is 56.0 Å². The van der Waals surface area contributed by atoms with E-state index in [9.17, 15) is 9.59 Å². The molecule has 0 fully saturated rings. The Bertz CT molecular complexity index is 1130. The number of esters is 1. The van der Waals surface area contributed by atoms with Crippen LogP contribution < -0.4 is 0 Å². The maximum Gasteiger partial charge on any atom is 0.409 e. The van der Waals surface area contributed by atoms with E-state index in [0.717, 1.165) is 16.7 Å². The van der Waals surface area contributed by atoms with Crippen molar-refractivity contribution in [3.8, 4) is 0 Å². The number of nitrogens with zero attached hydrogens (tertiary/aromatic N) is 1. The third-order valence-corrected chi connectivity index (χ3v) is 7.94. The Balaban J connectivity index is 2.09. The number of hydrogen-bond donors (Lipinski definition) is 0. The highest BCUT2D eigenvalue weighted by Crippen LogP contribution is 2.40. The molecule has 1 atom stereocenters. The van der Waals surface area contributed by atoms with Crippen LogP contribution in [-0.2, 0) is 24.6 Å². The van der Waals surface area contributed by atoms with Gasteiger partial charge in [0.05, 0.1) is 34.9 Å². The number of allylic oxidation sites excluding steroid dienone is 1. The normalized spacial score (nSPS) is 12.6. The summed E-state index contributed by atoms with van der Waals surface area (Å²) in [4.78, 5) is 26.6. The molecule has 0 saturated carbocycles. The summed E-state index contributed by atoms with van der Waals surface area (Å²) in [5.41, 5.74) is 2.06.